The lowest BCUT2D eigenvalue weighted by Crippen LogP contribution is -2.14. The molecule has 1 aliphatic carbocycles. The molecule has 0 atom stereocenters. The summed E-state index contributed by atoms with van der Waals surface area (Å²) >= 11 is 0. The van der Waals surface area contributed by atoms with E-state index in [0.29, 0.717) is 5.82 Å². The van der Waals surface area contributed by atoms with Crippen molar-refractivity contribution in [3.63, 3.8) is 0 Å². The van der Waals surface area contributed by atoms with Crippen molar-refractivity contribution in [2.45, 2.75) is 32.2 Å². The Balaban J connectivity index is 1.79. The third-order valence-corrected chi connectivity index (χ3v) is 2.55. The van der Waals surface area contributed by atoms with Gasteiger partial charge in [0.2, 0.25) is 0 Å². The van der Waals surface area contributed by atoms with Gasteiger partial charge in [-0.25, -0.2) is 0 Å². The van der Waals surface area contributed by atoms with Gasteiger partial charge in [0.1, 0.15) is 0 Å². The fourth-order valence-corrected chi connectivity index (χ4v) is 1.52. The number of hydrogen-bond acceptors (Lipinski definition) is 3. The molecule has 0 amide bonds. The highest BCUT2D eigenvalue weighted by Gasteiger charge is 2.16. The SMILES string of the molecule is Nc1cn(CCC2CCC2)nn1. The first kappa shape index (κ1) is 7.58. The third kappa shape index (κ3) is 1.57. The molecule has 0 aromatic carbocycles. The average molecular weight is 166 g/mol. The molecule has 0 aliphatic heterocycles. The largest absolute Gasteiger partial charge is 0.381 e. The molecule has 1 fully saturated rings. The van der Waals surface area contributed by atoms with Gasteiger partial charge in [0.15, 0.2) is 5.82 Å². The Morgan fingerprint density at radius 1 is 1.58 bits per heavy atom. The number of nitrogens with zero attached hydrogens (tertiary/aromatic N) is 3. The zero-order valence-electron chi connectivity index (χ0n) is 7.11. The third-order valence-electron chi connectivity index (χ3n) is 2.55. The molecule has 4 heteroatoms. The first-order chi connectivity index (χ1) is 5.84. The number of aromatic nitrogens is 3. The normalized spacial score (nSPS) is 17.7. The van der Waals surface area contributed by atoms with E-state index < -0.39 is 0 Å². The molecule has 0 radical (unpaired) electrons. The van der Waals surface area contributed by atoms with Gasteiger partial charge in [-0.15, -0.1) is 5.10 Å². The summed E-state index contributed by atoms with van der Waals surface area (Å²) in [6.45, 7) is 0.967. The van der Waals surface area contributed by atoms with Gasteiger partial charge >= 0.3 is 0 Å². The van der Waals surface area contributed by atoms with Crippen molar-refractivity contribution in [3.8, 4) is 0 Å². The predicted molar refractivity (Wildman–Crippen MR) is 46.4 cm³/mol. The van der Waals surface area contributed by atoms with E-state index in [1.807, 2.05) is 4.68 Å². The minimum Gasteiger partial charge on any atom is -0.381 e. The lowest BCUT2D eigenvalue weighted by Gasteiger charge is -2.24. The topological polar surface area (TPSA) is 56.7 Å². The molecule has 1 aromatic rings. The molecule has 4 nitrogen and oxygen atoms in total. The molecule has 0 saturated heterocycles. The minimum atomic E-state index is 0.517. The van der Waals surface area contributed by atoms with Crippen molar-refractivity contribution in [3.05, 3.63) is 6.20 Å². The Labute approximate surface area is 71.8 Å². The summed E-state index contributed by atoms with van der Waals surface area (Å²) in [4.78, 5) is 0. The maximum Gasteiger partial charge on any atom is 0.165 e. The zero-order chi connectivity index (χ0) is 8.39. The van der Waals surface area contributed by atoms with Crippen LogP contribution in [0.3, 0.4) is 0 Å². The second-order valence-corrected chi connectivity index (χ2v) is 3.49. The summed E-state index contributed by atoms with van der Waals surface area (Å²) < 4.78 is 1.83. The van der Waals surface area contributed by atoms with E-state index in [1.165, 1.54) is 25.7 Å². The Kier molecular flexibility index (Phi) is 1.98. The predicted octanol–water partition coefficient (Wildman–Crippen LogP) is 1.05. The molecule has 2 rings (SSSR count). The van der Waals surface area contributed by atoms with Crippen LogP contribution in [-0.2, 0) is 6.54 Å². The summed E-state index contributed by atoms with van der Waals surface area (Å²) in [6.07, 6.45) is 7.21. The van der Waals surface area contributed by atoms with Gasteiger partial charge in [-0.2, -0.15) is 0 Å². The maximum absolute atomic E-state index is 5.44. The number of anilines is 1. The molecular formula is C8H14N4. The van der Waals surface area contributed by atoms with Crippen molar-refractivity contribution < 1.29 is 0 Å². The van der Waals surface area contributed by atoms with Gasteiger partial charge < -0.3 is 5.73 Å². The summed E-state index contributed by atoms with van der Waals surface area (Å²) in [5.74, 6) is 1.44. The molecule has 0 unspecified atom stereocenters. The fourth-order valence-electron chi connectivity index (χ4n) is 1.52. The summed E-state index contributed by atoms with van der Waals surface area (Å²) in [7, 11) is 0. The van der Waals surface area contributed by atoms with E-state index in [-0.39, 0.29) is 0 Å². The van der Waals surface area contributed by atoms with Gasteiger partial charge in [0.25, 0.3) is 0 Å². The highest BCUT2D eigenvalue weighted by molar-refractivity contribution is 5.19. The van der Waals surface area contributed by atoms with E-state index in [4.69, 9.17) is 5.73 Å². The van der Waals surface area contributed by atoms with Gasteiger partial charge in [0, 0.05) is 6.54 Å². The second-order valence-electron chi connectivity index (χ2n) is 3.49. The van der Waals surface area contributed by atoms with Crippen LogP contribution >= 0.6 is 0 Å². The molecular weight excluding hydrogens is 152 g/mol. The Morgan fingerprint density at radius 3 is 2.92 bits per heavy atom. The number of hydrogen-bond donors (Lipinski definition) is 1. The van der Waals surface area contributed by atoms with Crippen molar-refractivity contribution in [2.24, 2.45) is 5.92 Å². The van der Waals surface area contributed by atoms with Crippen molar-refractivity contribution in [1.29, 1.82) is 0 Å². The van der Waals surface area contributed by atoms with Gasteiger partial charge in [0.05, 0.1) is 6.20 Å². The molecule has 2 N–H and O–H groups in total. The van der Waals surface area contributed by atoms with Gasteiger partial charge in [-0.3, -0.25) is 4.68 Å². The minimum absolute atomic E-state index is 0.517. The first-order valence-corrected chi connectivity index (χ1v) is 4.50. The van der Waals surface area contributed by atoms with Gasteiger partial charge in [-0.05, 0) is 12.3 Å². The van der Waals surface area contributed by atoms with Crippen LogP contribution in [-0.4, -0.2) is 15.0 Å². The average Bonchev–Trinajstić information content (AvgIpc) is 2.32. The zero-order valence-corrected chi connectivity index (χ0v) is 7.11. The lowest BCUT2D eigenvalue weighted by molar-refractivity contribution is 0.277. The Hall–Kier alpha value is -1.06. The smallest absolute Gasteiger partial charge is 0.165 e. The van der Waals surface area contributed by atoms with Crippen LogP contribution < -0.4 is 5.73 Å². The fraction of sp³-hybridized carbons (Fsp3) is 0.750. The highest BCUT2D eigenvalue weighted by atomic mass is 15.4. The van der Waals surface area contributed by atoms with Crippen LogP contribution in [0.2, 0.25) is 0 Å². The molecule has 1 heterocycles. The number of rotatable bonds is 3. The van der Waals surface area contributed by atoms with E-state index in [1.54, 1.807) is 6.20 Å². The van der Waals surface area contributed by atoms with E-state index >= 15 is 0 Å². The highest BCUT2D eigenvalue weighted by Crippen LogP contribution is 2.29. The van der Waals surface area contributed by atoms with Crippen LogP contribution in [0.1, 0.15) is 25.7 Å². The number of nitrogen functional groups attached to an aromatic ring is 1. The van der Waals surface area contributed by atoms with Crippen LogP contribution in [0.5, 0.6) is 0 Å². The quantitative estimate of drug-likeness (QED) is 0.730. The van der Waals surface area contributed by atoms with E-state index in [2.05, 4.69) is 10.3 Å². The van der Waals surface area contributed by atoms with E-state index in [0.717, 1.165) is 12.5 Å². The maximum atomic E-state index is 5.44. The van der Waals surface area contributed by atoms with E-state index in [9.17, 15) is 0 Å². The summed E-state index contributed by atoms with van der Waals surface area (Å²) in [5.41, 5.74) is 5.44. The Morgan fingerprint density at radius 2 is 2.42 bits per heavy atom. The first-order valence-electron chi connectivity index (χ1n) is 4.50. The van der Waals surface area contributed by atoms with Gasteiger partial charge in [-0.1, -0.05) is 24.5 Å². The molecule has 66 valence electrons. The second kappa shape index (κ2) is 3.13. The van der Waals surface area contributed by atoms with Crippen molar-refractivity contribution in [1.82, 2.24) is 15.0 Å². The number of aryl methyl sites for hydroxylation is 1. The Bertz CT molecular complexity index is 251. The monoisotopic (exact) mass is 166 g/mol. The molecule has 1 aromatic heterocycles. The van der Waals surface area contributed by atoms with Crippen LogP contribution in [0.15, 0.2) is 6.20 Å². The van der Waals surface area contributed by atoms with Crippen LogP contribution in [0, 0.1) is 5.92 Å². The van der Waals surface area contributed by atoms with Crippen LogP contribution in [0.4, 0.5) is 5.82 Å². The molecule has 12 heavy (non-hydrogen) atoms. The lowest BCUT2D eigenvalue weighted by atomic mass is 9.83. The molecule has 1 saturated carbocycles. The molecule has 1 aliphatic rings. The summed E-state index contributed by atoms with van der Waals surface area (Å²) in [5, 5.41) is 7.62. The molecule has 0 bridgehead atoms. The van der Waals surface area contributed by atoms with Crippen LogP contribution in [0.25, 0.3) is 0 Å². The number of nitrogens with two attached hydrogens (primary N) is 1. The standard InChI is InChI=1S/C8H14N4/c9-8-6-12(11-10-8)5-4-7-2-1-3-7/h6-7H,1-5,9H2. The van der Waals surface area contributed by atoms with Crippen molar-refractivity contribution >= 4 is 5.82 Å². The molecule has 0 spiro atoms. The summed E-state index contributed by atoms with van der Waals surface area (Å²) in [6, 6.07) is 0. The van der Waals surface area contributed by atoms with Crippen molar-refractivity contribution in [2.75, 3.05) is 5.73 Å².